The Morgan fingerprint density at radius 2 is 1.77 bits per heavy atom. The van der Waals surface area contributed by atoms with Crippen LogP contribution in [0.1, 0.15) is 49.8 Å². The molecule has 3 heteroatoms. The molecule has 0 saturated heterocycles. The van der Waals surface area contributed by atoms with E-state index in [4.69, 9.17) is 4.74 Å². The first-order chi connectivity index (χ1) is 12.6. The van der Waals surface area contributed by atoms with Gasteiger partial charge in [0.25, 0.3) is 5.91 Å². The first-order valence-electron chi connectivity index (χ1n) is 9.74. The number of carbonyl (C=O) groups excluding carboxylic acids is 1. The summed E-state index contributed by atoms with van der Waals surface area (Å²) in [5.74, 6) is 0.744. The summed E-state index contributed by atoms with van der Waals surface area (Å²) < 4.78 is 5.89. The predicted molar refractivity (Wildman–Crippen MR) is 106 cm³/mol. The summed E-state index contributed by atoms with van der Waals surface area (Å²) in [6, 6.07) is 16.7. The number of carbonyl (C=O) groups is 1. The molecule has 26 heavy (non-hydrogen) atoms. The van der Waals surface area contributed by atoms with Gasteiger partial charge in [0, 0.05) is 6.04 Å². The molecular weight excluding hydrogens is 322 g/mol. The molecule has 0 aromatic heterocycles. The van der Waals surface area contributed by atoms with E-state index >= 15 is 0 Å². The highest BCUT2D eigenvalue weighted by molar-refractivity contribution is 5.81. The molecule has 138 valence electrons. The van der Waals surface area contributed by atoms with Gasteiger partial charge >= 0.3 is 0 Å². The first-order valence-corrected chi connectivity index (χ1v) is 9.74. The van der Waals surface area contributed by atoms with Crippen molar-refractivity contribution in [2.75, 3.05) is 0 Å². The molecule has 3 nitrogen and oxygen atoms in total. The number of benzene rings is 2. The number of rotatable bonds is 7. The lowest BCUT2D eigenvalue weighted by molar-refractivity contribution is -0.127. The molecule has 1 aliphatic carbocycles. The second-order valence-corrected chi connectivity index (χ2v) is 7.33. The van der Waals surface area contributed by atoms with E-state index in [1.165, 1.54) is 29.5 Å². The van der Waals surface area contributed by atoms with Crippen LogP contribution in [0, 0.1) is 0 Å². The smallest absolute Gasteiger partial charge is 0.260 e. The van der Waals surface area contributed by atoms with E-state index in [1.807, 2.05) is 38.1 Å². The number of fused-ring (bicyclic) bond motifs is 1. The second kappa shape index (κ2) is 8.88. The molecule has 2 aromatic rings. The summed E-state index contributed by atoms with van der Waals surface area (Å²) >= 11 is 0. The van der Waals surface area contributed by atoms with Gasteiger partial charge in [0.05, 0.1) is 0 Å². The van der Waals surface area contributed by atoms with E-state index in [0.717, 1.165) is 31.4 Å². The third kappa shape index (κ3) is 5.10. The van der Waals surface area contributed by atoms with Gasteiger partial charge < -0.3 is 10.1 Å². The van der Waals surface area contributed by atoms with E-state index in [1.54, 1.807) is 0 Å². The quantitative estimate of drug-likeness (QED) is 0.799. The molecule has 0 saturated carbocycles. The first kappa shape index (κ1) is 18.5. The van der Waals surface area contributed by atoms with E-state index in [9.17, 15) is 4.79 Å². The molecule has 2 aromatic carbocycles. The number of nitrogens with one attached hydrogen (secondary N) is 1. The van der Waals surface area contributed by atoms with Crippen LogP contribution in [0.3, 0.4) is 0 Å². The van der Waals surface area contributed by atoms with Crippen molar-refractivity contribution in [2.45, 2.75) is 64.5 Å². The molecule has 0 radical (unpaired) electrons. The van der Waals surface area contributed by atoms with Gasteiger partial charge in [0.2, 0.25) is 0 Å². The Hall–Kier alpha value is -2.29. The Morgan fingerprint density at radius 1 is 1.04 bits per heavy atom. The third-order valence-corrected chi connectivity index (χ3v) is 5.10. The van der Waals surface area contributed by atoms with Crippen molar-refractivity contribution in [2.24, 2.45) is 0 Å². The largest absolute Gasteiger partial charge is 0.481 e. The molecule has 0 aliphatic heterocycles. The van der Waals surface area contributed by atoms with Crippen LogP contribution < -0.4 is 10.1 Å². The summed E-state index contributed by atoms with van der Waals surface area (Å²) in [5.41, 5.74) is 4.10. The zero-order chi connectivity index (χ0) is 18.4. The van der Waals surface area contributed by atoms with E-state index in [0.29, 0.717) is 0 Å². The second-order valence-electron chi connectivity index (χ2n) is 7.33. The molecule has 0 fully saturated rings. The molecule has 1 N–H and O–H groups in total. The number of ether oxygens (including phenoxy) is 1. The van der Waals surface area contributed by atoms with E-state index < -0.39 is 6.10 Å². The molecule has 2 atom stereocenters. The van der Waals surface area contributed by atoms with Crippen molar-refractivity contribution in [1.82, 2.24) is 5.32 Å². The van der Waals surface area contributed by atoms with Crippen LogP contribution in [0.5, 0.6) is 5.75 Å². The fourth-order valence-corrected chi connectivity index (χ4v) is 3.50. The Bertz CT molecular complexity index is 726. The van der Waals surface area contributed by atoms with Crippen LogP contribution in [0.2, 0.25) is 0 Å². The summed E-state index contributed by atoms with van der Waals surface area (Å²) in [4.78, 5) is 12.4. The maximum absolute atomic E-state index is 12.4. The number of aryl methyl sites for hydroxylation is 3. The molecule has 0 heterocycles. The lowest BCUT2D eigenvalue weighted by atomic mass is 9.92. The molecular formula is C23H29NO2. The molecule has 0 bridgehead atoms. The third-order valence-electron chi connectivity index (χ3n) is 5.10. The van der Waals surface area contributed by atoms with Gasteiger partial charge in [0.1, 0.15) is 5.75 Å². The van der Waals surface area contributed by atoms with Crippen LogP contribution >= 0.6 is 0 Å². The van der Waals surface area contributed by atoms with Gasteiger partial charge in [0.15, 0.2) is 6.10 Å². The number of amides is 1. The highest BCUT2D eigenvalue weighted by Gasteiger charge is 2.18. The standard InChI is InChI=1S/C23H29NO2/c1-17(12-13-19-8-4-3-5-9-19)24-23(25)18(2)26-22-15-14-20-10-6-7-11-21(20)16-22/h3-5,8-9,14-18H,6-7,10-13H2,1-2H3,(H,24,25). The summed E-state index contributed by atoms with van der Waals surface area (Å²) in [7, 11) is 0. The van der Waals surface area contributed by atoms with Gasteiger partial charge in [-0.05, 0) is 81.2 Å². The van der Waals surface area contributed by atoms with Gasteiger partial charge in [-0.2, -0.15) is 0 Å². The number of hydrogen-bond donors (Lipinski definition) is 1. The Labute approximate surface area is 156 Å². The molecule has 1 aliphatic rings. The van der Waals surface area contributed by atoms with Crippen molar-refractivity contribution < 1.29 is 9.53 Å². The SMILES string of the molecule is CC(CCc1ccccc1)NC(=O)C(C)Oc1ccc2c(c1)CCCC2. The average Bonchev–Trinajstić information content (AvgIpc) is 2.67. The topological polar surface area (TPSA) is 38.3 Å². The predicted octanol–water partition coefficient (Wildman–Crippen LogP) is 4.47. The molecule has 2 unspecified atom stereocenters. The minimum absolute atomic E-state index is 0.0525. The van der Waals surface area contributed by atoms with Crippen LogP contribution in [-0.2, 0) is 24.1 Å². The van der Waals surface area contributed by atoms with Gasteiger partial charge in [-0.15, -0.1) is 0 Å². The fourth-order valence-electron chi connectivity index (χ4n) is 3.50. The lowest BCUT2D eigenvalue weighted by Gasteiger charge is -2.21. The van der Waals surface area contributed by atoms with Crippen molar-refractivity contribution >= 4 is 5.91 Å². The highest BCUT2D eigenvalue weighted by Crippen LogP contribution is 2.25. The minimum Gasteiger partial charge on any atom is -0.481 e. The van der Waals surface area contributed by atoms with Crippen LogP contribution in [0.4, 0.5) is 0 Å². The maximum Gasteiger partial charge on any atom is 0.260 e. The van der Waals surface area contributed by atoms with Crippen LogP contribution in [0.25, 0.3) is 0 Å². The molecule has 1 amide bonds. The van der Waals surface area contributed by atoms with Gasteiger partial charge in [-0.1, -0.05) is 36.4 Å². The molecule has 3 rings (SSSR count). The Kier molecular flexibility index (Phi) is 6.32. The number of hydrogen-bond acceptors (Lipinski definition) is 2. The van der Waals surface area contributed by atoms with Crippen molar-refractivity contribution in [3.63, 3.8) is 0 Å². The molecule has 0 spiro atoms. The lowest BCUT2D eigenvalue weighted by Crippen LogP contribution is -2.41. The minimum atomic E-state index is -0.490. The van der Waals surface area contributed by atoms with E-state index in [-0.39, 0.29) is 11.9 Å². The fraction of sp³-hybridized carbons (Fsp3) is 0.435. The zero-order valence-corrected chi connectivity index (χ0v) is 15.8. The zero-order valence-electron chi connectivity index (χ0n) is 15.8. The monoisotopic (exact) mass is 351 g/mol. The summed E-state index contributed by atoms with van der Waals surface area (Å²) in [6.45, 7) is 3.87. The maximum atomic E-state index is 12.4. The van der Waals surface area contributed by atoms with Crippen molar-refractivity contribution in [3.05, 3.63) is 65.2 Å². The van der Waals surface area contributed by atoms with Crippen LogP contribution in [0.15, 0.2) is 48.5 Å². The normalized spacial score (nSPS) is 15.6. The van der Waals surface area contributed by atoms with E-state index in [2.05, 4.69) is 29.6 Å². The average molecular weight is 351 g/mol. The van der Waals surface area contributed by atoms with Gasteiger partial charge in [-0.25, -0.2) is 0 Å². The van der Waals surface area contributed by atoms with Crippen LogP contribution in [-0.4, -0.2) is 18.1 Å². The summed E-state index contributed by atoms with van der Waals surface area (Å²) in [6.07, 6.45) is 6.17. The Morgan fingerprint density at radius 3 is 2.54 bits per heavy atom. The van der Waals surface area contributed by atoms with Crippen molar-refractivity contribution in [3.8, 4) is 5.75 Å². The summed E-state index contributed by atoms with van der Waals surface area (Å²) in [5, 5.41) is 3.07. The highest BCUT2D eigenvalue weighted by atomic mass is 16.5. The Balaban J connectivity index is 1.48. The van der Waals surface area contributed by atoms with Crippen molar-refractivity contribution in [1.29, 1.82) is 0 Å². The van der Waals surface area contributed by atoms with Gasteiger partial charge in [-0.3, -0.25) is 4.79 Å².